The minimum atomic E-state index is -1.01. The fourth-order valence-corrected chi connectivity index (χ4v) is 5.11. The van der Waals surface area contributed by atoms with Gasteiger partial charge in [-0.05, 0) is 77.1 Å². The highest BCUT2D eigenvalue weighted by Gasteiger charge is 2.50. The topological polar surface area (TPSA) is 37.4 Å². The molecule has 5 rings (SSSR count). The fraction of sp³-hybridized carbons (Fsp3) is 0.185. The molecule has 3 aromatic rings. The van der Waals surface area contributed by atoms with E-state index in [4.69, 9.17) is 23.2 Å². The van der Waals surface area contributed by atoms with Crippen LogP contribution in [0.5, 0.6) is 0 Å². The van der Waals surface area contributed by atoms with Gasteiger partial charge in [-0.3, -0.25) is 14.5 Å². The number of allylic oxidation sites excluding steroid dienone is 2. The van der Waals surface area contributed by atoms with E-state index in [1.54, 1.807) is 24.3 Å². The van der Waals surface area contributed by atoms with E-state index in [2.05, 4.69) is 0 Å². The van der Waals surface area contributed by atoms with Gasteiger partial charge >= 0.3 is 0 Å². The molecular weight excluding hydrogens is 479 g/mol. The van der Waals surface area contributed by atoms with Crippen LogP contribution in [0, 0.1) is 23.5 Å². The molecule has 0 aromatic heterocycles. The number of halogens is 4. The van der Waals surface area contributed by atoms with E-state index in [0.29, 0.717) is 28.5 Å². The Morgan fingerprint density at radius 3 is 1.62 bits per heavy atom. The van der Waals surface area contributed by atoms with E-state index in [1.807, 2.05) is 24.3 Å². The first-order chi connectivity index (χ1) is 16.3. The number of imide groups is 1. The molecule has 172 valence electrons. The summed E-state index contributed by atoms with van der Waals surface area (Å²) in [5.74, 6) is -3.59. The summed E-state index contributed by atoms with van der Waals surface area (Å²) in [7, 11) is 0. The van der Waals surface area contributed by atoms with Gasteiger partial charge in [0.15, 0.2) is 11.6 Å². The zero-order valence-corrected chi connectivity index (χ0v) is 19.4. The van der Waals surface area contributed by atoms with E-state index in [-0.39, 0.29) is 18.4 Å². The monoisotopic (exact) mass is 497 g/mol. The lowest BCUT2D eigenvalue weighted by Crippen LogP contribution is -2.30. The number of hydrogen-bond donors (Lipinski definition) is 0. The van der Waals surface area contributed by atoms with Gasteiger partial charge in [-0.2, -0.15) is 0 Å². The predicted molar refractivity (Wildman–Crippen MR) is 128 cm³/mol. The van der Waals surface area contributed by atoms with Gasteiger partial charge in [0, 0.05) is 10.0 Å². The lowest BCUT2D eigenvalue weighted by molar-refractivity contribution is -0.140. The molecule has 3 nitrogen and oxygen atoms in total. The lowest BCUT2D eigenvalue weighted by Gasteiger charge is -2.28. The van der Waals surface area contributed by atoms with E-state index in [9.17, 15) is 18.4 Å². The second kappa shape index (κ2) is 8.97. The van der Waals surface area contributed by atoms with E-state index < -0.39 is 23.5 Å². The van der Waals surface area contributed by atoms with Crippen molar-refractivity contribution < 1.29 is 18.4 Å². The minimum absolute atomic E-state index is 0.0889. The van der Waals surface area contributed by atoms with Crippen LogP contribution in [0.4, 0.5) is 8.78 Å². The van der Waals surface area contributed by atoms with Crippen molar-refractivity contribution in [1.82, 2.24) is 4.90 Å². The number of hydrogen-bond acceptors (Lipinski definition) is 2. The number of likely N-dealkylation sites (tertiary alicyclic amines) is 1. The average molecular weight is 498 g/mol. The molecule has 1 fully saturated rings. The second-order valence-corrected chi connectivity index (χ2v) is 9.48. The Hall–Kier alpha value is -3.02. The maximum atomic E-state index is 13.7. The Kier molecular flexibility index (Phi) is 6.00. The van der Waals surface area contributed by atoms with Crippen LogP contribution in [0.15, 0.2) is 66.7 Å². The number of amides is 2. The fourth-order valence-electron chi connectivity index (χ4n) is 4.86. The number of benzene rings is 3. The number of fused-ring (bicyclic) bond motifs is 1. The van der Waals surface area contributed by atoms with Crippen molar-refractivity contribution in [2.75, 3.05) is 0 Å². The highest BCUT2D eigenvalue weighted by atomic mass is 35.5. The first kappa shape index (κ1) is 22.8. The Balaban J connectivity index is 1.51. The summed E-state index contributed by atoms with van der Waals surface area (Å²) in [5.41, 5.74) is 4.20. The van der Waals surface area contributed by atoms with E-state index in [1.165, 1.54) is 11.0 Å². The molecule has 7 heteroatoms. The van der Waals surface area contributed by atoms with Gasteiger partial charge in [-0.25, -0.2) is 8.78 Å². The summed E-state index contributed by atoms with van der Waals surface area (Å²) in [6.07, 6.45) is 0.784. The van der Waals surface area contributed by atoms with Crippen molar-refractivity contribution in [3.8, 4) is 0 Å². The molecule has 0 radical (unpaired) electrons. The number of nitrogens with zero attached hydrogens (tertiary/aromatic N) is 1. The van der Waals surface area contributed by atoms with Gasteiger partial charge < -0.3 is 0 Å². The van der Waals surface area contributed by atoms with Gasteiger partial charge in [0.05, 0.1) is 18.4 Å². The van der Waals surface area contributed by atoms with Crippen molar-refractivity contribution in [3.63, 3.8) is 0 Å². The standard InChI is InChI=1S/C27H19Cl2F2NO2/c28-18-6-2-16(3-7-18)20-12-22-23(13-21(20)17-4-8-19(29)9-5-17)27(34)32(26(22)33)14-15-1-10-24(30)25(31)11-15/h1-11,22-23H,12-14H2. The van der Waals surface area contributed by atoms with Crippen molar-refractivity contribution in [2.45, 2.75) is 19.4 Å². The zero-order valence-electron chi connectivity index (χ0n) is 17.9. The number of rotatable bonds is 4. The summed E-state index contributed by atoms with van der Waals surface area (Å²) >= 11 is 12.2. The second-order valence-electron chi connectivity index (χ2n) is 8.60. The number of carbonyl (C=O) groups excluding carboxylic acids is 2. The molecule has 0 saturated carbocycles. The van der Waals surface area contributed by atoms with Gasteiger partial charge in [0.1, 0.15) is 0 Å². The van der Waals surface area contributed by atoms with Crippen LogP contribution in [-0.4, -0.2) is 16.7 Å². The lowest BCUT2D eigenvalue weighted by atomic mass is 9.73. The van der Waals surface area contributed by atoms with Crippen molar-refractivity contribution in [1.29, 1.82) is 0 Å². The van der Waals surface area contributed by atoms with Crippen molar-refractivity contribution >= 4 is 46.2 Å². The Morgan fingerprint density at radius 1 is 0.706 bits per heavy atom. The molecule has 2 atom stereocenters. The molecule has 2 aliphatic rings. The molecule has 2 unspecified atom stereocenters. The summed E-state index contributed by atoms with van der Waals surface area (Å²) in [6, 6.07) is 18.2. The van der Waals surface area contributed by atoms with Crippen molar-refractivity contribution in [2.24, 2.45) is 11.8 Å². The predicted octanol–water partition coefficient (Wildman–Crippen LogP) is 6.78. The van der Waals surface area contributed by atoms with E-state index >= 15 is 0 Å². The van der Waals surface area contributed by atoms with Crippen LogP contribution < -0.4 is 0 Å². The third kappa shape index (κ3) is 4.15. The van der Waals surface area contributed by atoms with Crippen LogP contribution in [0.1, 0.15) is 29.5 Å². The Labute approximate surface area is 205 Å². The number of carbonyl (C=O) groups is 2. The molecule has 0 bridgehead atoms. The molecular formula is C27H19Cl2F2NO2. The SMILES string of the molecule is O=C1C2CC(c3ccc(Cl)cc3)=C(c3ccc(Cl)cc3)CC2C(=O)N1Cc1ccc(F)c(F)c1. The zero-order chi connectivity index (χ0) is 24.0. The maximum Gasteiger partial charge on any atom is 0.233 e. The van der Waals surface area contributed by atoms with Gasteiger partial charge in [-0.1, -0.05) is 53.5 Å². The molecule has 3 aromatic carbocycles. The quantitative estimate of drug-likeness (QED) is 0.372. The van der Waals surface area contributed by atoms with Crippen LogP contribution >= 0.6 is 23.2 Å². The summed E-state index contributed by atoms with van der Waals surface area (Å²) in [5, 5.41) is 1.21. The maximum absolute atomic E-state index is 13.7. The van der Waals surface area contributed by atoms with Gasteiger partial charge in [-0.15, -0.1) is 0 Å². The van der Waals surface area contributed by atoms with Crippen LogP contribution in [0.25, 0.3) is 11.1 Å². The van der Waals surface area contributed by atoms with Gasteiger partial charge in [0.25, 0.3) is 0 Å². The average Bonchev–Trinajstić information content (AvgIpc) is 3.06. The van der Waals surface area contributed by atoms with Crippen LogP contribution in [-0.2, 0) is 16.1 Å². The molecule has 0 N–H and O–H groups in total. The Bertz CT molecular complexity index is 1240. The van der Waals surface area contributed by atoms with Crippen molar-refractivity contribution in [3.05, 3.63) is 105 Å². The molecule has 0 spiro atoms. The minimum Gasteiger partial charge on any atom is -0.278 e. The third-order valence-electron chi connectivity index (χ3n) is 6.57. The first-order valence-electron chi connectivity index (χ1n) is 10.8. The molecule has 2 amide bonds. The first-order valence-corrected chi connectivity index (χ1v) is 11.6. The molecule has 1 heterocycles. The van der Waals surface area contributed by atoms with Crippen LogP contribution in [0.2, 0.25) is 10.0 Å². The van der Waals surface area contributed by atoms with Crippen LogP contribution in [0.3, 0.4) is 0 Å². The highest BCUT2D eigenvalue weighted by Crippen LogP contribution is 2.48. The van der Waals surface area contributed by atoms with E-state index in [0.717, 1.165) is 34.4 Å². The normalized spacial score (nSPS) is 20.2. The molecule has 1 aliphatic carbocycles. The third-order valence-corrected chi connectivity index (χ3v) is 7.08. The molecule has 1 aliphatic heterocycles. The highest BCUT2D eigenvalue weighted by molar-refractivity contribution is 6.31. The summed E-state index contributed by atoms with van der Waals surface area (Å²) in [4.78, 5) is 27.8. The summed E-state index contributed by atoms with van der Waals surface area (Å²) < 4.78 is 27.0. The molecule has 1 saturated heterocycles. The van der Waals surface area contributed by atoms with Gasteiger partial charge in [0.2, 0.25) is 11.8 Å². The molecule has 34 heavy (non-hydrogen) atoms. The Morgan fingerprint density at radius 2 is 1.18 bits per heavy atom. The largest absolute Gasteiger partial charge is 0.278 e. The summed E-state index contributed by atoms with van der Waals surface area (Å²) in [6.45, 7) is -0.0889. The smallest absolute Gasteiger partial charge is 0.233 e.